The van der Waals surface area contributed by atoms with Crippen LogP contribution in [-0.4, -0.2) is 31.6 Å². The summed E-state index contributed by atoms with van der Waals surface area (Å²) in [6.07, 6.45) is 0. The minimum absolute atomic E-state index is 0.181. The van der Waals surface area contributed by atoms with Gasteiger partial charge < -0.3 is 14.2 Å². The lowest BCUT2D eigenvalue weighted by molar-refractivity contribution is 0.0844. The van der Waals surface area contributed by atoms with Crippen LogP contribution in [0.2, 0.25) is 0 Å². The molecule has 0 bridgehead atoms. The van der Waals surface area contributed by atoms with E-state index in [-0.39, 0.29) is 11.1 Å². The fourth-order valence-corrected chi connectivity index (χ4v) is 2.42. The van der Waals surface area contributed by atoms with Crippen LogP contribution in [0.1, 0.15) is 41.5 Å². The van der Waals surface area contributed by atoms with Crippen molar-refractivity contribution in [1.29, 1.82) is 0 Å². The zero-order valence-corrected chi connectivity index (χ0v) is 16.0. The molecule has 0 saturated carbocycles. The Morgan fingerprint density at radius 3 is 1.93 bits per heavy atom. The number of amides is 2. The monoisotopic (exact) mass is 390 g/mol. The third-order valence-electron chi connectivity index (χ3n) is 3.58. The Kier molecular flexibility index (Phi) is 7.62. The molecule has 150 valence electrons. The summed E-state index contributed by atoms with van der Waals surface area (Å²) in [6.45, 7) is 6.55. The number of hydrazine groups is 1. The summed E-state index contributed by atoms with van der Waals surface area (Å²) in [5, 5.41) is 0. The quantitative estimate of drug-likeness (QED) is 0.677. The Labute approximate surface area is 162 Å². The first-order valence-corrected chi connectivity index (χ1v) is 8.93. The molecule has 0 heterocycles. The van der Waals surface area contributed by atoms with E-state index < -0.39 is 17.6 Å². The first kappa shape index (κ1) is 21.0. The molecule has 2 N–H and O–H groups in total. The molecule has 8 heteroatoms. The van der Waals surface area contributed by atoms with E-state index in [2.05, 4.69) is 10.9 Å². The van der Waals surface area contributed by atoms with Gasteiger partial charge in [-0.1, -0.05) is 12.1 Å². The predicted molar refractivity (Wildman–Crippen MR) is 101 cm³/mol. The molecule has 28 heavy (non-hydrogen) atoms. The molecule has 0 aliphatic carbocycles. The number of carbonyl (C=O) groups is 2. The van der Waals surface area contributed by atoms with Gasteiger partial charge in [0.05, 0.1) is 25.4 Å². The van der Waals surface area contributed by atoms with E-state index in [9.17, 15) is 14.0 Å². The maximum Gasteiger partial charge on any atom is 0.272 e. The Morgan fingerprint density at radius 1 is 0.857 bits per heavy atom. The van der Waals surface area contributed by atoms with Gasteiger partial charge in [0.15, 0.2) is 11.5 Å². The minimum Gasteiger partial charge on any atom is -0.490 e. The van der Waals surface area contributed by atoms with E-state index in [1.807, 2.05) is 6.92 Å². The van der Waals surface area contributed by atoms with Crippen LogP contribution in [0.25, 0.3) is 0 Å². The first-order chi connectivity index (χ1) is 13.5. The molecule has 0 radical (unpaired) electrons. The van der Waals surface area contributed by atoms with E-state index >= 15 is 0 Å². The second kappa shape index (κ2) is 10.1. The van der Waals surface area contributed by atoms with Gasteiger partial charge >= 0.3 is 0 Å². The van der Waals surface area contributed by atoms with E-state index in [4.69, 9.17) is 14.2 Å². The third kappa shape index (κ3) is 5.12. The largest absolute Gasteiger partial charge is 0.490 e. The highest BCUT2D eigenvalue weighted by atomic mass is 19.1. The Bertz CT molecular complexity index is 814. The van der Waals surface area contributed by atoms with Crippen LogP contribution in [0.3, 0.4) is 0 Å². The van der Waals surface area contributed by atoms with Crippen LogP contribution in [0.5, 0.6) is 17.2 Å². The highest BCUT2D eigenvalue weighted by Crippen LogP contribution is 2.39. The van der Waals surface area contributed by atoms with Crippen LogP contribution >= 0.6 is 0 Å². The van der Waals surface area contributed by atoms with Crippen LogP contribution in [-0.2, 0) is 0 Å². The maximum atomic E-state index is 13.7. The number of hydrogen-bond donors (Lipinski definition) is 2. The van der Waals surface area contributed by atoms with Crippen molar-refractivity contribution < 1.29 is 28.2 Å². The van der Waals surface area contributed by atoms with Gasteiger partial charge in [0.25, 0.3) is 11.8 Å². The van der Waals surface area contributed by atoms with Crippen LogP contribution < -0.4 is 25.1 Å². The lowest BCUT2D eigenvalue weighted by atomic mass is 10.1. The molecule has 2 rings (SSSR count). The maximum absolute atomic E-state index is 13.7. The molecule has 0 aromatic heterocycles. The van der Waals surface area contributed by atoms with E-state index in [1.54, 1.807) is 13.8 Å². The van der Waals surface area contributed by atoms with Crippen molar-refractivity contribution in [2.45, 2.75) is 20.8 Å². The number of carbonyl (C=O) groups excluding carboxylic acids is 2. The highest BCUT2D eigenvalue weighted by molar-refractivity contribution is 5.99. The van der Waals surface area contributed by atoms with E-state index in [1.165, 1.54) is 30.3 Å². The van der Waals surface area contributed by atoms with Gasteiger partial charge in [-0.2, -0.15) is 0 Å². The molecular weight excluding hydrogens is 367 g/mol. The number of nitrogens with one attached hydrogen (secondary N) is 2. The van der Waals surface area contributed by atoms with Crippen molar-refractivity contribution in [2.75, 3.05) is 19.8 Å². The third-order valence-corrected chi connectivity index (χ3v) is 3.58. The average Bonchev–Trinajstić information content (AvgIpc) is 2.68. The molecule has 0 aliphatic rings. The summed E-state index contributed by atoms with van der Waals surface area (Å²) in [4.78, 5) is 24.5. The van der Waals surface area contributed by atoms with E-state index in [0.717, 1.165) is 6.07 Å². The van der Waals surface area contributed by atoms with E-state index in [0.29, 0.717) is 37.1 Å². The van der Waals surface area contributed by atoms with Crippen LogP contribution in [0, 0.1) is 5.82 Å². The number of benzene rings is 2. The lowest BCUT2D eigenvalue weighted by Crippen LogP contribution is -2.42. The number of hydrogen-bond acceptors (Lipinski definition) is 5. The Balaban J connectivity index is 2.21. The average molecular weight is 390 g/mol. The predicted octanol–water partition coefficient (Wildman–Crippen LogP) is 3.10. The second-order valence-electron chi connectivity index (χ2n) is 5.49. The zero-order valence-electron chi connectivity index (χ0n) is 16.0. The van der Waals surface area contributed by atoms with Gasteiger partial charge in [-0.15, -0.1) is 0 Å². The highest BCUT2D eigenvalue weighted by Gasteiger charge is 2.19. The second-order valence-corrected chi connectivity index (χ2v) is 5.49. The fourth-order valence-electron chi connectivity index (χ4n) is 2.42. The summed E-state index contributed by atoms with van der Waals surface area (Å²) < 4.78 is 30.4. The smallest absolute Gasteiger partial charge is 0.272 e. The molecule has 2 aromatic carbocycles. The van der Waals surface area contributed by atoms with Crippen molar-refractivity contribution in [1.82, 2.24) is 10.9 Å². The first-order valence-electron chi connectivity index (χ1n) is 8.93. The molecule has 0 atom stereocenters. The summed E-state index contributed by atoms with van der Waals surface area (Å²) in [6, 6.07) is 8.44. The Morgan fingerprint density at radius 2 is 1.39 bits per heavy atom. The number of ether oxygens (including phenoxy) is 3. The molecule has 2 aromatic rings. The summed E-state index contributed by atoms with van der Waals surface area (Å²) in [5.74, 6) is -0.977. The normalized spacial score (nSPS) is 10.1. The summed E-state index contributed by atoms with van der Waals surface area (Å²) in [5.41, 5.74) is 4.45. The number of halogens is 1. The Hall–Kier alpha value is -3.29. The van der Waals surface area contributed by atoms with Crippen molar-refractivity contribution >= 4 is 11.8 Å². The molecule has 0 fully saturated rings. The number of rotatable bonds is 8. The molecule has 0 aliphatic heterocycles. The zero-order chi connectivity index (χ0) is 20.5. The molecule has 0 saturated heterocycles. The van der Waals surface area contributed by atoms with Gasteiger partial charge in [0.1, 0.15) is 5.82 Å². The van der Waals surface area contributed by atoms with Crippen molar-refractivity contribution in [3.63, 3.8) is 0 Å². The van der Waals surface area contributed by atoms with Gasteiger partial charge in [-0.05, 0) is 45.0 Å². The van der Waals surface area contributed by atoms with Crippen LogP contribution in [0.4, 0.5) is 4.39 Å². The molecule has 0 unspecified atom stereocenters. The molecule has 2 amide bonds. The minimum atomic E-state index is -0.771. The fraction of sp³-hybridized carbons (Fsp3) is 0.300. The lowest BCUT2D eigenvalue weighted by Gasteiger charge is -2.17. The summed E-state index contributed by atoms with van der Waals surface area (Å²) >= 11 is 0. The van der Waals surface area contributed by atoms with Gasteiger partial charge in [-0.3, -0.25) is 20.4 Å². The summed E-state index contributed by atoms with van der Waals surface area (Å²) in [7, 11) is 0. The van der Waals surface area contributed by atoms with Crippen molar-refractivity contribution in [3.8, 4) is 17.2 Å². The van der Waals surface area contributed by atoms with Gasteiger partial charge in [0, 0.05) is 5.56 Å². The van der Waals surface area contributed by atoms with Crippen LogP contribution in [0.15, 0.2) is 36.4 Å². The van der Waals surface area contributed by atoms with Crippen molar-refractivity contribution in [3.05, 3.63) is 53.3 Å². The molecular formula is C20H23FN2O5. The van der Waals surface area contributed by atoms with Gasteiger partial charge in [0.2, 0.25) is 5.75 Å². The molecule has 0 spiro atoms. The standard InChI is InChI=1S/C20H23FN2O5/c1-4-26-16-11-13(12-17(27-5-2)18(16)28-6-3)19(24)22-23-20(25)14-9-7-8-10-15(14)21/h7-12H,4-6H2,1-3H3,(H,22,24)(H,23,25). The SMILES string of the molecule is CCOc1cc(C(=O)NNC(=O)c2ccccc2F)cc(OCC)c1OCC. The van der Waals surface area contributed by atoms with Gasteiger partial charge in [-0.25, -0.2) is 4.39 Å². The van der Waals surface area contributed by atoms with Crippen molar-refractivity contribution in [2.24, 2.45) is 0 Å². The topological polar surface area (TPSA) is 85.9 Å². The molecule has 7 nitrogen and oxygen atoms in total.